The van der Waals surface area contributed by atoms with Gasteiger partial charge in [-0.1, -0.05) is 11.8 Å². The van der Waals surface area contributed by atoms with E-state index >= 15 is 0 Å². The highest BCUT2D eigenvalue weighted by Crippen LogP contribution is 2.22. The van der Waals surface area contributed by atoms with Crippen LogP contribution < -0.4 is 4.90 Å². The summed E-state index contributed by atoms with van der Waals surface area (Å²) in [6.07, 6.45) is 4.81. The Bertz CT molecular complexity index is 334. The third-order valence-corrected chi connectivity index (χ3v) is 3.23. The Labute approximate surface area is 93.7 Å². The third-order valence-electron chi connectivity index (χ3n) is 2.67. The van der Waals surface area contributed by atoms with Crippen molar-refractivity contribution >= 4 is 17.6 Å². The fraction of sp³-hybridized carbons (Fsp3) is 0.600. The van der Waals surface area contributed by atoms with E-state index in [1.165, 1.54) is 0 Å². The molecule has 1 fully saturated rings. The zero-order valence-corrected chi connectivity index (χ0v) is 9.57. The number of aromatic nitrogens is 2. The summed E-state index contributed by atoms with van der Waals surface area (Å²) in [5, 5.41) is 9.87. The summed E-state index contributed by atoms with van der Waals surface area (Å²) in [5.74, 6) is 1.38. The maximum Gasteiger partial charge on any atom is 0.189 e. The molecule has 2 rings (SSSR count). The summed E-state index contributed by atoms with van der Waals surface area (Å²) in [6, 6.07) is 1.93. The van der Waals surface area contributed by atoms with Gasteiger partial charge in [0.25, 0.3) is 0 Å². The van der Waals surface area contributed by atoms with Gasteiger partial charge in [-0.05, 0) is 18.7 Å². The zero-order valence-electron chi connectivity index (χ0n) is 8.76. The van der Waals surface area contributed by atoms with E-state index in [4.69, 9.17) is 5.11 Å². The molecular formula is C10H15N3OS. The highest BCUT2D eigenvalue weighted by atomic mass is 32.2. The van der Waals surface area contributed by atoms with Crippen LogP contribution in [0.5, 0.6) is 0 Å². The van der Waals surface area contributed by atoms with Crippen LogP contribution in [0.25, 0.3) is 0 Å². The van der Waals surface area contributed by atoms with Crippen molar-refractivity contribution in [1.82, 2.24) is 9.97 Å². The molecule has 1 atom stereocenters. The van der Waals surface area contributed by atoms with Gasteiger partial charge in [-0.3, -0.25) is 0 Å². The predicted octanol–water partition coefficient (Wildman–Crippen LogP) is 1.02. The number of aliphatic hydroxyl groups is 1. The molecule has 1 saturated heterocycles. The molecule has 0 aliphatic carbocycles. The number of nitrogens with zero attached hydrogens (tertiary/aromatic N) is 3. The number of thioether (sulfide) groups is 1. The molecule has 1 aromatic heterocycles. The average Bonchev–Trinajstić information content (AvgIpc) is 2.78. The van der Waals surface area contributed by atoms with E-state index in [0.717, 1.165) is 30.5 Å². The largest absolute Gasteiger partial charge is 0.396 e. The van der Waals surface area contributed by atoms with E-state index < -0.39 is 0 Å². The molecule has 0 radical (unpaired) electrons. The van der Waals surface area contributed by atoms with Crippen molar-refractivity contribution in [3.05, 3.63) is 12.3 Å². The van der Waals surface area contributed by atoms with Crippen molar-refractivity contribution in [2.75, 3.05) is 30.9 Å². The van der Waals surface area contributed by atoms with Gasteiger partial charge in [0.15, 0.2) is 5.16 Å². The average molecular weight is 225 g/mol. The number of hydrogen-bond donors (Lipinski definition) is 1. The summed E-state index contributed by atoms with van der Waals surface area (Å²) in [5.41, 5.74) is 0. The van der Waals surface area contributed by atoms with Gasteiger partial charge in [-0.15, -0.1) is 0 Å². The molecule has 5 heteroatoms. The first-order valence-corrected chi connectivity index (χ1v) is 6.29. The molecule has 0 saturated carbocycles. The van der Waals surface area contributed by atoms with E-state index in [0.29, 0.717) is 5.92 Å². The molecule has 0 bridgehead atoms. The summed E-state index contributed by atoms with van der Waals surface area (Å²) in [7, 11) is 0. The minimum Gasteiger partial charge on any atom is -0.396 e. The molecule has 1 N–H and O–H groups in total. The first-order chi connectivity index (χ1) is 7.33. The minimum absolute atomic E-state index is 0.275. The van der Waals surface area contributed by atoms with Crippen molar-refractivity contribution in [3.8, 4) is 0 Å². The number of hydrogen-bond acceptors (Lipinski definition) is 5. The monoisotopic (exact) mass is 225 g/mol. The molecular weight excluding hydrogens is 210 g/mol. The van der Waals surface area contributed by atoms with Gasteiger partial charge >= 0.3 is 0 Å². The van der Waals surface area contributed by atoms with Crippen LogP contribution in [0.3, 0.4) is 0 Å². The van der Waals surface area contributed by atoms with Crippen molar-refractivity contribution in [2.45, 2.75) is 11.6 Å². The van der Waals surface area contributed by atoms with Gasteiger partial charge < -0.3 is 10.0 Å². The molecule has 1 aliphatic heterocycles. The van der Waals surface area contributed by atoms with Crippen LogP contribution in [0.1, 0.15) is 6.42 Å². The summed E-state index contributed by atoms with van der Waals surface area (Å²) < 4.78 is 0. The van der Waals surface area contributed by atoms with E-state index in [1.807, 2.05) is 12.3 Å². The Balaban J connectivity index is 2.09. The molecule has 0 aromatic carbocycles. The van der Waals surface area contributed by atoms with Crippen molar-refractivity contribution in [2.24, 2.45) is 5.92 Å². The van der Waals surface area contributed by atoms with Crippen LogP contribution in [-0.2, 0) is 0 Å². The van der Waals surface area contributed by atoms with E-state index in [1.54, 1.807) is 18.0 Å². The van der Waals surface area contributed by atoms with Crippen LogP contribution >= 0.6 is 11.8 Å². The molecule has 82 valence electrons. The van der Waals surface area contributed by atoms with E-state index in [2.05, 4.69) is 14.9 Å². The quantitative estimate of drug-likeness (QED) is 0.615. The molecule has 0 spiro atoms. The van der Waals surface area contributed by atoms with E-state index in [9.17, 15) is 0 Å². The van der Waals surface area contributed by atoms with Crippen molar-refractivity contribution in [1.29, 1.82) is 0 Å². The highest BCUT2D eigenvalue weighted by molar-refractivity contribution is 7.98. The molecule has 4 nitrogen and oxygen atoms in total. The van der Waals surface area contributed by atoms with Crippen molar-refractivity contribution in [3.63, 3.8) is 0 Å². The predicted molar refractivity (Wildman–Crippen MR) is 61.2 cm³/mol. The molecule has 0 amide bonds. The van der Waals surface area contributed by atoms with Crippen LogP contribution in [0.15, 0.2) is 17.4 Å². The lowest BCUT2D eigenvalue weighted by Gasteiger charge is -2.17. The smallest absolute Gasteiger partial charge is 0.189 e. The van der Waals surface area contributed by atoms with Gasteiger partial charge in [0.1, 0.15) is 5.82 Å². The summed E-state index contributed by atoms with van der Waals surface area (Å²) in [4.78, 5) is 10.8. The summed E-state index contributed by atoms with van der Waals surface area (Å²) >= 11 is 1.55. The second-order valence-corrected chi connectivity index (χ2v) is 4.46. The topological polar surface area (TPSA) is 49.2 Å². The van der Waals surface area contributed by atoms with Crippen LogP contribution in [0.4, 0.5) is 5.82 Å². The molecule has 1 aromatic rings. The first-order valence-electron chi connectivity index (χ1n) is 5.06. The standard InChI is InChI=1S/C10H15N3OS/c1-15-10-11-4-2-9(12-10)13-5-3-8(6-13)7-14/h2,4,8,14H,3,5-7H2,1H3/t8-/m1/s1. The fourth-order valence-corrected chi connectivity index (χ4v) is 2.15. The lowest BCUT2D eigenvalue weighted by atomic mass is 10.1. The lowest BCUT2D eigenvalue weighted by molar-refractivity contribution is 0.238. The van der Waals surface area contributed by atoms with Crippen molar-refractivity contribution < 1.29 is 5.11 Å². The molecule has 0 unspecified atom stereocenters. The Kier molecular flexibility index (Phi) is 3.43. The molecule has 15 heavy (non-hydrogen) atoms. The number of rotatable bonds is 3. The van der Waals surface area contributed by atoms with E-state index in [-0.39, 0.29) is 6.61 Å². The SMILES string of the molecule is CSc1nccc(N2CC[C@@H](CO)C2)n1. The maximum atomic E-state index is 9.07. The van der Waals surface area contributed by atoms with Gasteiger partial charge in [-0.25, -0.2) is 9.97 Å². The Hall–Kier alpha value is -0.810. The van der Waals surface area contributed by atoms with Crippen LogP contribution in [0, 0.1) is 5.92 Å². The maximum absolute atomic E-state index is 9.07. The fourth-order valence-electron chi connectivity index (χ4n) is 1.80. The second-order valence-electron chi connectivity index (χ2n) is 3.68. The number of anilines is 1. The zero-order chi connectivity index (χ0) is 10.7. The van der Waals surface area contributed by atoms with Gasteiger partial charge in [0.2, 0.25) is 0 Å². The Morgan fingerprint density at radius 1 is 1.67 bits per heavy atom. The lowest BCUT2D eigenvalue weighted by Crippen LogP contribution is -2.21. The van der Waals surface area contributed by atoms with Gasteiger partial charge in [0.05, 0.1) is 0 Å². The highest BCUT2D eigenvalue weighted by Gasteiger charge is 2.22. The Morgan fingerprint density at radius 3 is 3.20 bits per heavy atom. The van der Waals surface area contributed by atoms with Gasteiger partial charge in [0, 0.05) is 31.8 Å². The first kappa shape index (κ1) is 10.7. The normalized spacial score (nSPS) is 20.9. The molecule has 2 heterocycles. The Morgan fingerprint density at radius 2 is 2.53 bits per heavy atom. The van der Waals surface area contributed by atoms with Crippen LogP contribution in [-0.4, -0.2) is 41.0 Å². The minimum atomic E-state index is 0.275. The third kappa shape index (κ3) is 2.41. The molecule has 1 aliphatic rings. The number of aliphatic hydroxyl groups excluding tert-OH is 1. The van der Waals surface area contributed by atoms with Gasteiger partial charge in [-0.2, -0.15) is 0 Å². The second kappa shape index (κ2) is 4.81. The van der Waals surface area contributed by atoms with Crippen LogP contribution in [0.2, 0.25) is 0 Å². The summed E-state index contributed by atoms with van der Waals surface area (Å²) in [6.45, 7) is 2.16.